The highest BCUT2D eigenvalue weighted by Gasteiger charge is 2.47. The molecule has 1 heterocycles. The van der Waals surface area contributed by atoms with Gasteiger partial charge < -0.3 is 15.0 Å². The van der Waals surface area contributed by atoms with Crippen molar-refractivity contribution in [3.8, 4) is 0 Å². The first kappa shape index (κ1) is 18.0. The van der Waals surface area contributed by atoms with Crippen LogP contribution in [0.25, 0.3) is 0 Å². The normalized spacial score (nSPS) is 24.5. The minimum absolute atomic E-state index is 0.0223. The molecule has 0 aromatic carbocycles. The number of ether oxygens (including phenoxy) is 1. The molecule has 1 N–H and O–H groups in total. The zero-order valence-electron chi connectivity index (χ0n) is 14.6. The number of hydrogen-bond acceptors (Lipinski definition) is 3. The fourth-order valence-corrected chi connectivity index (χ4v) is 2.63. The highest BCUT2D eigenvalue weighted by molar-refractivity contribution is 5.97. The summed E-state index contributed by atoms with van der Waals surface area (Å²) in [7, 11) is 1.63. The molecule has 21 heavy (non-hydrogen) atoms. The summed E-state index contributed by atoms with van der Waals surface area (Å²) in [5.41, 5.74) is -0.799. The lowest BCUT2D eigenvalue weighted by molar-refractivity contribution is -0.158. The van der Waals surface area contributed by atoms with Gasteiger partial charge in [0.25, 0.3) is 0 Å². The summed E-state index contributed by atoms with van der Waals surface area (Å²) < 4.78 is 5.45. The van der Waals surface area contributed by atoms with Gasteiger partial charge in [0.15, 0.2) is 0 Å². The predicted molar refractivity (Wildman–Crippen MR) is 82.8 cm³/mol. The monoisotopic (exact) mass is 298 g/mol. The summed E-state index contributed by atoms with van der Waals surface area (Å²) >= 11 is 0. The Morgan fingerprint density at radius 2 is 1.71 bits per heavy atom. The molecule has 2 atom stereocenters. The van der Waals surface area contributed by atoms with Gasteiger partial charge in [-0.05, 0) is 25.2 Å². The molecule has 0 saturated carbocycles. The van der Waals surface area contributed by atoms with Crippen LogP contribution >= 0.6 is 0 Å². The zero-order valence-corrected chi connectivity index (χ0v) is 14.6. The van der Waals surface area contributed by atoms with Crippen molar-refractivity contribution in [2.45, 2.75) is 66.2 Å². The van der Waals surface area contributed by atoms with Crippen LogP contribution in [0.15, 0.2) is 0 Å². The van der Waals surface area contributed by atoms with Crippen LogP contribution in [0.5, 0.6) is 0 Å². The SMILES string of the molecule is COC(C)(C)CN1C(=O)C(C(C)(C)C)NC(=O)C1C(C)C. The van der Waals surface area contributed by atoms with Crippen LogP contribution in [0, 0.1) is 11.3 Å². The molecule has 0 radical (unpaired) electrons. The minimum Gasteiger partial charge on any atom is -0.377 e. The average Bonchev–Trinajstić information content (AvgIpc) is 2.31. The molecule has 0 spiro atoms. The first-order valence-corrected chi connectivity index (χ1v) is 7.56. The lowest BCUT2D eigenvalue weighted by atomic mass is 9.82. The topological polar surface area (TPSA) is 58.6 Å². The van der Waals surface area contributed by atoms with Crippen molar-refractivity contribution < 1.29 is 14.3 Å². The summed E-state index contributed by atoms with van der Waals surface area (Å²) in [4.78, 5) is 27.1. The summed E-state index contributed by atoms with van der Waals surface area (Å²) in [5.74, 6) is -0.0372. The molecule has 1 saturated heterocycles. The number of methoxy groups -OCH3 is 1. The van der Waals surface area contributed by atoms with Crippen LogP contribution in [-0.2, 0) is 14.3 Å². The third-order valence-corrected chi connectivity index (χ3v) is 4.02. The Labute approximate surface area is 128 Å². The van der Waals surface area contributed by atoms with E-state index in [1.165, 1.54) is 0 Å². The van der Waals surface area contributed by atoms with Gasteiger partial charge in [0.1, 0.15) is 12.1 Å². The van der Waals surface area contributed by atoms with Crippen LogP contribution in [0.1, 0.15) is 48.5 Å². The van der Waals surface area contributed by atoms with E-state index in [1.54, 1.807) is 12.0 Å². The molecule has 0 aliphatic carbocycles. The zero-order chi connectivity index (χ0) is 16.6. The number of piperazine rings is 1. The lowest BCUT2D eigenvalue weighted by Gasteiger charge is -2.46. The van der Waals surface area contributed by atoms with Gasteiger partial charge in [-0.25, -0.2) is 0 Å². The Balaban J connectivity index is 3.16. The van der Waals surface area contributed by atoms with Crippen molar-refractivity contribution in [2.24, 2.45) is 11.3 Å². The van der Waals surface area contributed by atoms with Gasteiger partial charge in [-0.1, -0.05) is 34.6 Å². The fraction of sp³-hybridized carbons (Fsp3) is 0.875. The Morgan fingerprint density at radius 1 is 1.19 bits per heavy atom. The van der Waals surface area contributed by atoms with E-state index >= 15 is 0 Å². The van der Waals surface area contributed by atoms with Crippen molar-refractivity contribution in [1.82, 2.24) is 10.2 Å². The molecule has 5 nitrogen and oxygen atoms in total. The number of nitrogens with zero attached hydrogens (tertiary/aromatic N) is 1. The van der Waals surface area contributed by atoms with E-state index in [0.29, 0.717) is 6.54 Å². The summed E-state index contributed by atoms with van der Waals surface area (Å²) in [6.45, 7) is 14.1. The average molecular weight is 298 g/mol. The highest BCUT2D eigenvalue weighted by Crippen LogP contribution is 2.28. The molecule has 2 amide bonds. The van der Waals surface area contributed by atoms with Crippen molar-refractivity contribution in [3.63, 3.8) is 0 Å². The summed E-state index contributed by atoms with van der Waals surface area (Å²) in [6, 6.07) is -0.932. The Kier molecular flexibility index (Phi) is 5.09. The largest absolute Gasteiger partial charge is 0.377 e. The quantitative estimate of drug-likeness (QED) is 0.861. The number of amides is 2. The molecule has 2 unspecified atom stereocenters. The predicted octanol–water partition coefficient (Wildman–Crippen LogP) is 1.81. The molecule has 0 bridgehead atoms. The second-order valence-electron chi connectivity index (χ2n) is 7.93. The molecule has 0 aromatic rings. The third kappa shape index (κ3) is 3.96. The molecule has 0 aromatic heterocycles. The first-order valence-electron chi connectivity index (χ1n) is 7.56. The van der Waals surface area contributed by atoms with Gasteiger partial charge in [-0.15, -0.1) is 0 Å². The smallest absolute Gasteiger partial charge is 0.246 e. The van der Waals surface area contributed by atoms with Crippen LogP contribution in [-0.4, -0.2) is 48.1 Å². The van der Waals surface area contributed by atoms with E-state index < -0.39 is 17.7 Å². The van der Waals surface area contributed by atoms with Gasteiger partial charge in [-0.2, -0.15) is 0 Å². The maximum Gasteiger partial charge on any atom is 0.246 e. The van der Waals surface area contributed by atoms with E-state index in [1.807, 2.05) is 48.5 Å². The van der Waals surface area contributed by atoms with E-state index in [9.17, 15) is 9.59 Å². The van der Waals surface area contributed by atoms with E-state index in [-0.39, 0.29) is 23.1 Å². The van der Waals surface area contributed by atoms with Gasteiger partial charge in [0.05, 0.1) is 12.1 Å². The minimum atomic E-state index is -0.493. The number of carbonyl (C=O) groups excluding carboxylic acids is 2. The molecule has 5 heteroatoms. The Hall–Kier alpha value is -1.10. The second-order valence-corrected chi connectivity index (χ2v) is 7.93. The molecule has 1 aliphatic rings. The van der Waals surface area contributed by atoms with Crippen LogP contribution in [0.4, 0.5) is 0 Å². The number of rotatable bonds is 4. The Bertz CT molecular complexity index is 410. The van der Waals surface area contributed by atoms with Crippen molar-refractivity contribution in [1.29, 1.82) is 0 Å². The maximum atomic E-state index is 12.9. The molecule has 1 rings (SSSR count). The number of nitrogens with one attached hydrogen (secondary N) is 1. The fourth-order valence-electron chi connectivity index (χ4n) is 2.63. The number of carbonyl (C=O) groups is 2. The lowest BCUT2D eigenvalue weighted by Crippen LogP contribution is -2.69. The molecule has 1 aliphatic heterocycles. The molecule has 1 fully saturated rings. The number of hydrogen-bond donors (Lipinski definition) is 1. The second kappa shape index (κ2) is 5.95. The Morgan fingerprint density at radius 3 is 2.10 bits per heavy atom. The van der Waals surface area contributed by atoms with E-state index in [4.69, 9.17) is 4.74 Å². The van der Waals surface area contributed by atoms with Gasteiger partial charge in [0, 0.05) is 7.11 Å². The van der Waals surface area contributed by atoms with E-state index in [0.717, 1.165) is 0 Å². The summed E-state index contributed by atoms with van der Waals surface area (Å²) in [6.07, 6.45) is 0. The van der Waals surface area contributed by atoms with Crippen LogP contribution in [0.3, 0.4) is 0 Å². The van der Waals surface area contributed by atoms with E-state index in [2.05, 4.69) is 5.32 Å². The van der Waals surface area contributed by atoms with Crippen LogP contribution in [0.2, 0.25) is 0 Å². The van der Waals surface area contributed by atoms with Gasteiger partial charge >= 0.3 is 0 Å². The molecular weight excluding hydrogens is 268 g/mol. The standard InChI is InChI=1S/C16H30N2O3/c1-10(2)11-13(19)17-12(15(3,4)5)14(20)18(11)9-16(6,7)21-8/h10-12H,9H2,1-8H3,(H,17,19). The van der Waals surface area contributed by atoms with Gasteiger partial charge in [0.2, 0.25) is 11.8 Å². The van der Waals surface area contributed by atoms with Crippen LogP contribution < -0.4 is 5.32 Å². The summed E-state index contributed by atoms with van der Waals surface area (Å²) in [5, 5.41) is 2.90. The third-order valence-electron chi connectivity index (χ3n) is 4.02. The molecule has 122 valence electrons. The van der Waals surface area contributed by atoms with Crippen molar-refractivity contribution in [2.75, 3.05) is 13.7 Å². The highest BCUT2D eigenvalue weighted by atomic mass is 16.5. The first-order chi connectivity index (χ1) is 9.40. The van der Waals surface area contributed by atoms with Gasteiger partial charge in [-0.3, -0.25) is 9.59 Å². The van der Waals surface area contributed by atoms with Crippen molar-refractivity contribution in [3.05, 3.63) is 0 Å². The maximum absolute atomic E-state index is 12.9. The van der Waals surface area contributed by atoms with Crippen molar-refractivity contribution >= 4 is 11.8 Å². The molecular formula is C16H30N2O3.